The van der Waals surface area contributed by atoms with E-state index in [2.05, 4.69) is 6.92 Å². The summed E-state index contributed by atoms with van der Waals surface area (Å²) >= 11 is 2.82. The number of hydrogen-bond acceptors (Lipinski definition) is 5. The Morgan fingerprint density at radius 3 is 2.78 bits per heavy atom. The molecule has 168 valence electrons. The van der Waals surface area contributed by atoms with Crippen LogP contribution in [-0.2, 0) is 17.6 Å². The van der Waals surface area contributed by atoms with E-state index in [9.17, 15) is 14.0 Å². The van der Waals surface area contributed by atoms with Gasteiger partial charge in [-0.25, -0.2) is 9.37 Å². The van der Waals surface area contributed by atoms with E-state index >= 15 is 0 Å². The average molecular weight is 472 g/mol. The number of amides is 1. The first-order chi connectivity index (χ1) is 15.4. The molecule has 2 aliphatic rings. The number of aryl methyl sites for hydroxylation is 1. The number of carbonyl (C=O) groups is 1. The van der Waals surface area contributed by atoms with Crippen molar-refractivity contribution in [2.75, 3.05) is 13.1 Å². The van der Waals surface area contributed by atoms with Crippen molar-refractivity contribution in [2.24, 2.45) is 5.92 Å². The normalized spacial score (nSPS) is 19.3. The predicted octanol–water partition coefficient (Wildman–Crippen LogP) is 4.81. The highest BCUT2D eigenvalue weighted by atomic mass is 32.2. The monoisotopic (exact) mass is 471 g/mol. The van der Waals surface area contributed by atoms with Gasteiger partial charge in [-0.1, -0.05) is 30.8 Å². The Labute approximate surface area is 194 Å². The summed E-state index contributed by atoms with van der Waals surface area (Å²) in [4.78, 5) is 35.3. The lowest BCUT2D eigenvalue weighted by molar-refractivity contribution is -0.129. The van der Waals surface area contributed by atoms with Crippen LogP contribution < -0.4 is 5.56 Å². The molecule has 5 nitrogen and oxygen atoms in total. The van der Waals surface area contributed by atoms with Gasteiger partial charge in [-0.3, -0.25) is 14.2 Å². The summed E-state index contributed by atoms with van der Waals surface area (Å²) < 4.78 is 16.2. The maximum absolute atomic E-state index is 14.8. The number of rotatable bonds is 4. The van der Waals surface area contributed by atoms with Crippen LogP contribution in [0, 0.1) is 11.7 Å². The van der Waals surface area contributed by atoms with E-state index in [4.69, 9.17) is 4.98 Å². The highest BCUT2D eigenvalue weighted by molar-refractivity contribution is 8.00. The summed E-state index contributed by atoms with van der Waals surface area (Å²) in [6.07, 6.45) is 4.87. The van der Waals surface area contributed by atoms with Crippen LogP contribution in [0.2, 0.25) is 0 Å². The van der Waals surface area contributed by atoms with E-state index in [-0.39, 0.29) is 17.2 Å². The molecule has 5 rings (SSSR count). The molecule has 1 amide bonds. The number of hydrogen-bond donors (Lipinski definition) is 0. The van der Waals surface area contributed by atoms with Gasteiger partial charge in [0, 0.05) is 18.0 Å². The molecule has 0 radical (unpaired) electrons. The Kier molecular flexibility index (Phi) is 5.84. The minimum absolute atomic E-state index is 0.0428. The molecule has 2 aromatic heterocycles. The Balaban J connectivity index is 1.65. The third kappa shape index (κ3) is 3.77. The second kappa shape index (κ2) is 8.63. The van der Waals surface area contributed by atoms with Crippen molar-refractivity contribution < 1.29 is 9.18 Å². The van der Waals surface area contributed by atoms with Crippen LogP contribution in [0.3, 0.4) is 0 Å². The van der Waals surface area contributed by atoms with Crippen LogP contribution in [0.15, 0.2) is 34.2 Å². The summed E-state index contributed by atoms with van der Waals surface area (Å²) in [6.45, 7) is 5.61. The minimum atomic E-state index is -0.478. The number of nitrogens with zero attached hydrogens (tertiary/aromatic N) is 3. The third-order valence-electron chi connectivity index (χ3n) is 6.44. The van der Waals surface area contributed by atoms with Gasteiger partial charge in [0.2, 0.25) is 5.91 Å². The summed E-state index contributed by atoms with van der Waals surface area (Å²) in [7, 11) is 0. The number of aromatic nitrogens is 2. The van der Waals surface area contributed by atoms with Crippen LogP contribution in [0.25, 0.3) is 15.9 Å². The number of halogens is 1. The van der Waals surface area contributed by atoms with Crippen molar-refractivity contribution in [3.05, 3.63) is 50.9 Å². The van der Waals surface area contributed by atoms with Gasteiger partial charge in [0.15, 0.2) is 5.16 Å². The maximum atomic E-state index is 14.8. The van der Waals surface area contributed by atoms with Crippen molar-refractivity contribution in [3.8, 4) is 5.69 Å². The van der Waals surface area contributed by atoms with Gasteiger partial charge >= 0.3 is 0 Å². The van der Waals surface area contributed by atoms with E-state index in [1.54, 1.807) is 29.5 Å². The van der Waals surface area contributed by atoms with Crippen LogP contribution in [0.5, 0.6) is 0 Å². The zero-order valence-corrected chi connectivity index (χ0v) is 19.9. The SMILES string of the molecule is CC1CCc2c(sc3nc(SC(C)C(=O)N4CCCC4)n(-c4ccccc4F)c(=O)c23)C1. The molecule has 2 unspecified atom stereocenters. The largest absolute Gasteiger partial charge is 0.342 e. The van der Waals surface area contributed by atoms with Crippen molar-refractivity contribution in [3.63, 3.8) is 0 Å². The number of likely N-dealkylation sites (tertiary alicyclic amines) is 1. The van der Waals surface area contributed by atoms with Crippen molar-refractivity contribution in [1.29, 1.82) is 0 Å². The average Bonchev–Trinajstić information content (AvgIpc) is 3.42. The fourth-order valence-corrected chi connectivity index (χ4v) is 7.13. The fourth-order valence-electron chi connectivity index (χ4n) is 4.70. The maximum Gasteiger partial charge on any atom is 0.267 e. The van der Waals surface area contributed by atoms with Crippen LogP contribution in [0.1, 0.15) is 43.6 Å². The van der Waals surface area contributed by atoms with Gasteiger partial charge in [0.25, 0.3) is 5.56 Å². The molecule has 0 spiro atoms. The smallest absolute Gasteiger partial charge is 0.267 e. The lowest BCUT2D eigenvalue weighted by Gasteiger charge is -2.21. The summed E-state index contributed by atoms with van der Waals surface area (Å²) in [5.74, 6) is 0.145. The van der Waals surface area contributed by atoms with Gasteiger partial charge in [-0.05, 0) is 62.6 Å². The lowest BCUT2D eigenvalue weighted by atomic mass is 9.89. The van der Waals surface area contributed by atoms with Crippen molar-refractivity contribution in [2.45, 2.75) is 56.4 Å². The fraction of sp³-hybridized carbons (Fsp3) is 0.458. The molecule has 1 aliphatic heterocycles. The molecule has 3 heterocycles. The highest BCUT2D eigenvalue weighted by Gasteiger charge is 2.29. The molecule has 0 saturated carbocycles. The van der Waals surface area contributed by atoms with E-state index in [1.165, 1.54) is 27.3 Å². The molecular formula is C24H26FN3O2S2. The van der Waals surface area contributed by atoms with E-state index < -0.39 is 11.1 Å². The number of para-hydroxylation sites is 1. The van der Waals surface area contributed by atoms with Gasteiger partial charge in [0.1, 0.15) is 10.6 Å². The van der Waals surface area contributed by atoms with E-state index in [1.807, 2.05) is 11.8 Å². The van der Waals surface area contributed by atoms with Crippen molar-refractivity contribution in [1.82, 2.24) is 14.5 Å². The second-order valence-electron chi connectivity index (χ2n) is 8.81. The third-order valence-corrected chi connectivity index (χ3v) is 8.63. The minimum Gasteiger partial charge on any atom is -0.342 e. The Bertz CT molecular complexity index is 1250. The summed E-state index contributed by atoms with van der Waals surface area (Å²) in [5.41, 5.74) is 1.01. The number of benzene rings is 1. The van der Waals surface area contributed by atoms with E-state index in [0.717, 1.165) is 50.8 Å². The first kappa shape index (κ1) is 21.6. The van der Waals surface area contributed by atoms with Crippen LogP contribution >= 0.6 is 23.1 Å². The second-order valence-corrected chi connectivity index (χ2v) is 11.2. The number of carbonyl (C=O) groups excluding carboxylic acids is 1. The standard InChI is InChI=1S/C24H26FN3O2S2/c1-14-9-10-16-19(13-14)32-21-20(16)23(30)28(18-8-4-3-7-17(18)25)24(26-21)31-15(2)22(29)27-11-5-6-12-27/h3-4,7-8,14-15H,5-6,9-13H2,1-2H3. The Hall–Kier alpha value is -2.19. The van der Waals surface area contributed by atoms with Crippen LogP contribution in [-0.4, -0.2) is 38.7 Å². The molecule has 1 aromatic carbocycles. The first-order valence-corrected chi connectivity index (χ1v) is 12.9. The molecule has 8 heteroatoms. The number of thioether (sulfide) groups is 1. The number of thiophene rings is 1. The molecule has 3 aromatic rings. The molecule has 1 aliphatic carbocycles. The predicted molar refractivity (Wildman–Crippen MR) is 127 cm³/mol. The molecule has 1 fully saturated rings. The molecule has 32 heavy (non-hydrogen) atoms. The molecule has 2 atom stereocenters. The zero-order valence-electron chi connectivity index (χ0n) is 18.3. The van der Waals surface area contributed by atoms with E-state index in [0.29, 0.717) is 21.3 Å². The lowest BCUT2D eigenvalue weighted by Crippen LogP contribution is -2.34. The van der Waals surface area contributed by atoms with Gasteiger partial charge < -0.3 is 4.90 Å². The van der Waals surface area contributed by atoms with Gasteiger partial charge in [-0.2, -0.15) is 0 Å². The molecular weight excluding hydrogens is 445 g/mol. The summed E-state index contributed by atoms with van der Waals surface area (Å²) in [5, 5.41) is 0.576. The summed E-state index contributed by atoms with van der Waals surface area (Å²) in [6, 6.07) is 6.27. The van der Waals surface area contributed by atoms with Crippen LogP contribution in [0.4, 0.5) is 4.39 Å². The number of fused-ring (bicyclic) bond motifs is 3. The first-order valence-electron chi connectivity index (χ1n) is 11.2. The molecule has 1 saturated heterocycles. The van der Waals surface area contributed by atoms with Gasteiger partial charge in [-0.15, -0.1) is 11.3 Å². The molecule has 0 bridgehead atoms. The highest BCUT2D eigenvalue weighted by Crippen LogP contribution is 2.37. The Morgan fingerprint density at radius 2 is 2.03 bits per heavy atom. The quantitative estimate of drug-likeness (QED) is 0.405. The Morgan fingerprint density at radius 1 is 1.28 bits per heavy atom. The zero-order chi connectivity index (χ0) is 22.4. The molecule has 0 N–H and O–H groups in total. The topological polar surface area (TPSA) is 55.2 Å². The van der Waals surface area contributed by atoms with Crippen molar-refractivity contribution >= 4 is 39.2 Å². The van der Waals surface area contributed by atoms with Gasteiger partial charge in [0.05, 0.1) is 16.3 Å².